The number of piperidine rings is 1. The number of aromatic nitrogens is 2. The van der Waals surface area contributed by atoms with E-state index in [1.807, 2.05) is 4.90 Å². The first-order chi connectivity index (χ1) is 12.5. The van der Waals surface area contributed by atoms with E-state index in [-0.39, 0.29) is 11.6 Å². The number of carbonyl (C=O) groups excluding carboxylic acids is 1. The molecule has 1 aromatic heterocycles. The fourth-order valence-corrected chi connectivity index (χ4v) is 4.44. The molecular formula is C20H30N4O2. The van der Waals surface area contributed by atoms with Crippen molar-refractivity contribution < 1.29 is 4.79 Å². The average Bonchev–Trinajstić information content (AvgIpc) is 3.40. The van der Waals surface area contributed by atoms with Gasteiger partial charge in [-0.25, -0.2) is 4.98 Å². The summed E-state index contributed by atoms with van der Waals surface area (Å²) in [5.41, 5.74) is 1.05. The number of likely N-dealkylation sites (tertiary alicyclic amines) is 2. The van der Waals surface area contributed by atoms with Crippen molar-refractivity contribution in [1.29, 1.82) is 0 Å². The van der Waals surface area contributed by atoms with Gasteiger partial charge in [-0.05, 0) is 65.0 Å². The van der Waals surface area contributed by atoms with Crippen molar-refractivity contribution in [2.75, 3.05) is 19.6 Å². The van der Waals surface area contributed by atoms with Crippen LogP contribution < -0.4 is 5.56 Å². The molecule has 6 heteroatoms. The number of nitrogens with zero attached hydrogens (tertiary/aromatic N) is 4. The van der Waals surface area contributed by atoms with Crippen molar-refractivity contribution in [2.45, 2.75) is 70.5 Å². The maximum atomic E-state index is 12.6. The summed E-state index contributed by atoms with van der Waals surface area (Å²) in [6.07, 6.45) is 7.12. The lowest BCUT2D eigenvalue weighted by Gasteiger charge is -2.35. The SMILES string of the molecule is CC(C)N1CCC(N2CCC(Cn3cnc(C4CC4)cc3=O)CC2)C1=O. The molecule has 3 aliphatic rings. The second-order valence-corrected chi connectivity index (χ2v) is 8.49. The molecule has 1 aliphatic carbocycles. The molecule has 142 valence electrons. The predicted octanol–water partition coefficient (Wildman–Crippen LogP) is 1.84. The Balaban J connectivity index is 1.31. The molecule has 4 rings (SSSR count). The summed E-state index contributed by atoms with van der Waals surface area (Å²) in [7, 11) is 0. The fraction of sp³-hybridized carbons (Fsp3) is 0.750. The topological polar surface area (TPSA) is 58.4 Å². The molecule has 3 heterocycles. The van der Waals surface area contributed by atoms with Gasteiger partial charge in [-0.15, -0.1) is 0 Å². The Morgan fingerprint density at radius 3 is 2.38 bits per heavy atom. The summed E-state index contributed by atoms with van der Waals surface area (Å²) >= 11 is 0. The summed E-state index contributed by atoms with van der Waals surface area (Å²) in [6, 6.07) is 2.09. The largest absolute Gasteiger partial charge is 0.339 e. The Labute approximate surface area is 155 Å². The van der Waals surface area contributed by atoms with Crippen molar-refractivity contribution in [2.24, 2.45) is 5.92 Å². The number of carbonyl (C=O) groups is 1. The second kappa shape index (κ2) is 7.14. The zero-order chi connectivity index (χ0) is 18.3. The van der Waals surface area contributed by atoms with Gasteiger partial charge in [0, 0.05) is 31.1 Å². The van der Waals surface area contributed by atoms with Crippen molar-refractivity contribution in [3.8, 4) is 0 Å². The molecule has 0 aromatic carbocycles. The normalized spacial score (nSPS) is 25.4. The maximum absolute atomic E-state index is 12.6. The standard InChI is InChI=1S/C20H30N4O2/c1-14(2)24-10-7-18(20(24)26)22-8-5-15(6-9-22)12-23-13-21-17(11-19(23)25)16-3-4-16/h11,13-16,18H,3-10,12H2,1-2H3. The minimum Gasteiger partial charge on any atom is -0.339 e. The Bertz CT molecular complexity index is 717. The summed E-state index contributed by atoms with van der Waals surface area (Å²) in [5, 5.41) is 0. The van der Waals surface area contributed by atoms with Gasteiger partial charge in [-0.2, -0.15) is 0 Å². The van der Waals surface area contributed by atoms with E-state index in [0.29, 0.717) is 23.8 Å². The average molecular weight is 358 g/mol. The summed E-state index contributed by atoms with van der Waals surface area (Å²) in [5.74, 6) is 1.32. The zero-order valence-corrected chi connectivity index (χ0v) is 15.9. The first kappa shape index (κ1) is 17.7. The van der Waals surface area contributed by atoms with Gasteiger partial charge in [0.05, 0.1) is 18.1 Å². The molecule has 0 bridgehead atoms. The smallest absolute Gasteiger partial charge is 0.253 e. The highest BCUT2D eigenvalue weighted by Gasteiger charge is 2.38. The summed E-state index contributed by atoms with van der Waals surface area (Å²) in [4.78, 5) is 33.8. The quantitative estimate of drug-likeness (QED) is 0.806. The van der Waals surface area contributed by atoms with Gasteiger partial charge in [0.1, 0.15) is 0 Å². The van der Waals surface area contributed by atoms with Gasteiger partial charge in [0.25, 0.3) is 5.56 Å². The highest BCUT2D eigenvalue weighted by molar-refractivity contribution is 5.84. The molecule has 1 atom stereocenters. The van der Waals surface area contributed by atoms with Crippen LogP contribution in [0.4, 0.5) is 0 Å². The van der Waals surface area contributed by atoms with Crippen LogP contribution >= 0.6 is 0 Å². The van der Waals surface area contributed by atoms with Crippen molar-refractivity contribution in [3.63, 3.8) is 0 Å². The molecule has 26 heavy (non-hydrogen) atoms. The van der Waals surface area contributed by atoms with Crippen molar-refractivity contribution in [1.82, 2.24) is 19.4 Å². The van der Waals surface area contributed by atoms with Crippen LogP contribution in [0.1, 0.15) is 57.6 Å². The molecule has 0 N–H and O–H groups in total. The highest BCUT2D eigenvalue weighted by atomic mass is 16.2. The van der Waals surface area contributed by atoms with E-state index in [2.05, 4.69) is 23.7 Å². The Morgan fingerprint density at radius 1 is 1.08 bits per heavy atom. The molecule has 1 saturated carbocycles. The highest BCUT2D eigenvalue weighted by Crippen LogP contribution is 2.38. The third kappa shape index (κ3) is 3.56. The molecule has 3 fully saturated rings. The van der Waals surface area contributed by atoms with Crippen LogP contribution in [-0.2, 0) is 11.3 Å². The number of hydrogen-bond acceptors (Lipinski definition) is 4. The minimum atomic E-state index is 0.0700. The van der Waals surface area contributed by atoms with E-state index in [4.69, 9.17) is 0 Å². The molecule has 2 aliphatic heterocycles. The lowest BCUT2D eigenvalue weighted by atomic mass is 9.95. The van der Waals surface area contributed by atoms with Gasteiger partial charge in [0.15, 0.2) is 0 Å². The van der Waals surface area contributed by atoms with Crippen LogP contribution in [0.15, 0.2) is 17.2 Å². The van der Waals surface area contributed by atoms with E-state index in [1.165, 1.54) is 12.8 Å². The molecule has 1 aromatic rings. The summed E-state index contributed by atoms with van der Waals surface area (Å²) in [6.45, 7) is 7.72. The first-order valence-corrected chi connectivity index (χ1v) is 10.1. The first-order valence-electron chi connectivity index (χ1n) is 10.1. The molecule has 0 spiro atoms. The lowest BCUT2D eigenvalue weighted by molar-refractivity contribution is -0.134. The third-order valence-corrected chi connectivity index (χ3v) is 6.28. The van der Waals surface area contributed by atoms with E-state index in [0.717, 1.165) is 51.1 Å². The van der Waals surface area contributed by atoms with E-state index in [1.54, 1.807) is 17.0 Å². The monoisotopic (exact) mass is 358 g/mol. The number of hydrogen-bond donors (Lipinski definition) is 0. The van der Waals surface area contributed by atoms with Crippen LogP contribution in [0.5, 0.6) is 0 Å². The lowest BCUT2D eigenvalue weighted by Crippen LogP contribution is -2.47. The van der Waals surface area contributed by atoms with Crippen LogP contribution in [-0.4, -0.2) is 57.0 Å². The number of rotatable bonds is 5. The van der Waals surface area contributed by atoms with Crippen LogP contribution in [0.3, 0.4) is 0 Å². The Kier molecular flexibility index (Phi) is 4.86. The van der Waals surface area contributed by atoms with Crippen LogP contribution in [0.25, 0.3) is 0 Å². The molecular weight excluding hydrogens is 328 g/mol. The van der Waals surface area contributed by atoms with Gasteiger partial charge in [0.2, 0.25) is 5.91 Å². The molecule has 0 radical (unpaired) electrons. The van der Waals surface area contributed by atoms with E-state index in [9.17, 15) is 9.59 Å². The van der Waals surface area contributed by atoms with Gasteiger partial charge < -0.3 is 4.90 Å². The molecule has 1 amide bonds. The van der Waals surface area contributed by atoms with Gasteiger partial charge >= 0.3 is 0 Å². The Hall–Kier alpha value is -1.69. The maximum Gasteiger partial charge on any atom is 0.253 e. The van der Waals surface area contributed by atoms with Crippen LogP contribution in [0.2, 0.25) is 0 Å². The Morgan fingerprint density at radius 2 is 1.81 bits per heavy atom. The predicted molar refractivity (Wildman–Crippen MR) is 100 cm³/mol. The van der Waals surface area contributed by atoms with Crippen molar-refractivity contribution >= 4 is 5.91 Å². The third-order valence-electron chi connectivity index (χ3n) is 6.28. The van der Waals surface area contributed by atoms with E-state index < -0.39 is 0 Å². The molecule has 1 unspecified atom stereocenters. The molecule has 2 saturated heterocycles. The molecule has 6 nitrogen and oxygen atoms in total. The second-order valence-electron chi connectivity index (χ2n) is 8.49. The van der Waals surface area contributed by atoms with Crippen LogP contribution in [0, 0.1) is 5.92 Å². The van der Waals surface area contributed by atoms with Gasteiger partial charge in [-0.1, -0.05) is 0 Å². The minimum absolute atomic E-state index is 0.0700. The zero-order valence-electron chi connectivity index (χ0n) is 15.9. The van der Waals surface area contributed by atoms with Gasteiger partial charge in [-0.3, -0.25) is 19.1 Å². The fourth-order valence-electron chi connectivity index (χ4n) is 4.44. The number of amides is 1. The van der Waals surface area contributed by atoms with E-state index >= 15 is 0 Å². The summed E-state index contributed by atoms with van der Waals surface area (Å²) < 4.78 is 1.77. The van der Waals surface area contributed by atoms with Crippen molar-refractivity contribution in [3.05, 3.63) is 28.4 Å².